The molecular weight excluding hydrogens is 376 g/mol. The van der Waals surface area contributed by atoms with E-state index in [0.29, 0.717) is 30.1 Å². The van der Waals surface area contributed by atoms with Gasteiger partial charge in [0.15, 0.2) is 0 Å². The molecule has 0 unspecified atom stereocenters. The zero-order valence-electron chi connectivity index (χ0n) is 15.6. The van der Waals surface area contributed by atoms with Crippen LogP contribution in [0.4, 0.5) is 5.69 Å². The van der Waals surface area contributed by atoms with E-state index in [1.54, 1.807) is 32.9 Å². The quantitative estimate of drug-likeness (QED) is 0.477. The molecule has 0 bridgehead atoms. The van der Waals surface area contributed by atoms with E-state index in [2.05, 4.69) is 10.1 Å². The molecule has 1 amide bonds. The Bertz CT molecular complexity index is 731. The van der Waals surface area contributed by atoms with Crippen molar-refractivity contribution in [1.82, 2.24) is 4.31 Å². The monoisotopic (exact) mass is 402 g/mol. The zero-order valence-corrected chi connectivity index (χ0v) is 17.2. The molecule has 0 spiro atoms. The number of thioether (sulfide) groups is 1. The number of carbonyl (C=O) groups excluding carboxylic acids is 2. The number of esters is 1. The maximum absolute atomic E-state index is 12.7. The van der Waals surface area contributed by atoms with Gasteiger partial charge < -0.3 is 10.1 Å². The number of hydrogen-bond acceptors (Lipinski definition) is 6. The third kappa shape index (κ3) is 6.30. The highest BCUT2D eigenvalue weighted by Gasteiger charge is 2.24. The van der Waals surface area contributed by atoms with Crippen LogP contribution in [0.2, 0.25) is 0 Å². The van der Waals surface area contributed by atoms with Crippen LogP contribution in [0.5, 0.6) is 0 Å². The van der Waals surface area contributed by atoms with Gasteiger partial charge in [-0.15, -0.1) is 11.8 Å². The molecule has 0 aromatic heterocycles. The first-order valence-corrected chi connectivity index (χ1v) is 10.9. The number of anilines is 1. The Morgan fingerprint density at radius 1 is 1.23 bits per heavy atom. The molecule has 0 saturated heterocycles. The van der Waals surface area contributed by atoms with E-state index < -0.39 is 10.0 Å². The lowest BCUT2D eigenvalue weighted by Gasteiger charge is -2.20. The van der Waals surface area contributed by atoms with Crippen LogP contribution >= 0.6 is 11.8 Å². The third-order valence-electron chi connectivity index (χ3n) is 3.72. The van der Waals surface area contributed by atoms with Gasteiger partial charge in [0.05, 0.1) is 17.8 Å². The SMILES string of the molecule is CCN(CC)S(=O)(=O)c1cc(NC(=O)CCSCC(=O)OC)ccc1C. The topological polar surface area (TPSA) is 92.8 Å². The summed E-state index contributed by atoms with van der Waals surface area (Å²) in [5.41, 5.74) is 1.06. The molecule has 9 heteroatoms. The second kappa shape index (κ2) is 10.5. The standard InChI is InChI=1S/C17H26N2O5S2/c1-5-19(6-2)26(22,23)15-11-14(8-7-13(15)3)18-16(20)9-10-25-12-17(21)24-4/h7-8,11H,5-6,9-10,12H2,1-4H3,(H,18,20). The number of nitrogens with zero attached hydrogens (tertiary/aromatic N) is 1. The van der Waals surface area contributed by atoms with E-state index >= 15 is 0 Å². The molecule has 0 radical (unpaired) electrons. The maximum atomic E-state index is 12.7. The second-order valence-corrected chi connectivity index (χ2v) is 8.51. The minimum Gasteiger partial charge on any atom is -0.468 e. The minimum absolute atomic E-state index is 0.194. The smallest absolute Gasteiger partial charge is 0.315 e. The first kappa shape index (κ1) is 22.5. The van der Waals surface area contributed by atoms with Crippen LogP contribution in [0.15, 0.2) is 23.1 Å². The van der Waals surface area contributed by atoms with Crippen molar-refractivity contribution in [3.05, 3.63) is 23.8 Å². The van der Waals surface area contributed by atoms with Crippen molar-refractivity contribution in [1.29, 1.82) is 0 Å². The Kier molecular flexibility index (Phi) is 9.11. The molecule has 26 heavy (non-hydrogen) atoms. The summed E-state index contributed by atoms with van der Waals surface area (Å²) in [4.78, 5) is 23.2. The Morgan fingerprint density at radius 2 is 1.88 bits per heavy atom. The molecule has 1 aromatic carbocycles. The summed E-state index contributed by atoms with van der Waals surface area (Å²) in [5, 5.41) is 2.71. The van der Waals surface area contributed by atoms with E-state index in [1.807, 2.05) is 0 Å². The van der Waals surface area contributed by atoms with Gasteiger partial charge in [-0.25, -0.2) is 8.42 Å². The van der Waals surface area contributed by atoms with Crippen molar-refractivity contribution < 1.29 is 22.7 Å². The van der Waals surface area contributed by atoms with Crippen molar-refractivity contribution in [3.63, 3.8) is 0 Å². The number of carbonyl (C=O) groups is 2. The van der Waals surface area contributed by atoms with Gasteiger partial charge in [0.1, 0.15) is 0 Å². The maximum Gasteiger partial charge on any atom is 0.315 e. The van der Waals surface area contributed by atoms with Gasteiger partial charge >= 0.3 is 5.97 Å². The van der Waals surface area contributed by atoms with Crippen LogP contribution in [0.1, 0.15) is 25.8 Å². The lowest BCUT2D eigenvalue weighted by Crippen LogP contribution is -2.31. The molecule has 0 saturated carbocycles. The molecule has 0 fully saturated rings. The molecule has 0 atom stereocenters. The third-order valence-corrected chi connectivity index (χ3v) is 6.84. The van der Waals surface area contributed by atoms with Crippen LogP contribution in [-0.2, 0) is 24.3 Å². The van der Waals surface area contributed by atoms with Gasteiger partial charge in [-0.1, -0.05) is 19.9 Å². The highest BCUT2D eigenvalue weighted by molar-refractivity contribution is 7.99. The molecule has 7 nitrogen and oxygen atoms in total. The summed E-state index contributed by atoms with van der Waals surface area (Å²) in [6.07, 6.45) is 0.216. The highest BCUT2D eigenvalue weighted by atomic mass is 32.2. The number of ether oxygens (including phenoxy) is 1. The number of methoxy groups -OCH3 is 1. The minimum atomic E-state index is -3.60. The summed E-state index contributed by atoms with van der Waals surface area (Å²) >= 11 is 1.31. The molecule has 1 aromatic rings. The number of benzene rings is 1. The van der Waals surface area contributed by atoms with Crippen molar-refractivity contribution in [2.45, 2.75) is 32.1 Å². The van der Waals surface area contributed by atoms with Gasteiger partial charge in [-0.05, 0) is 24.6 Å². The summed E-state index contributed by atoms with van der Waals surface area (Å²) in [6.45, 7) is 6.06. The largest absolute Gasteiger partial charge is 0.468 e. The van der Waals surface area contributed by atoms with Crippen molar-refractivity contribution >= 4 is 39.3 Å². The average molecular weight is 403 g/mol. The fourth-order valence-corrected chi connectivity index (χ4v) is 4.73. The van der Waals surface area contributed by atoms with E-state index in [9.17, 15) is 18.0 Å². The summed E-state index contributed by atoms with van der Waals surface area (Å²) in [5.74, 6) is 0.0930. The Hall–Kier alpha value is -1.58. The van der Waals surface area contributed by atoms with Gasteiger partial charge in [-0.3, -0.25) is 9.59 Å². The van der Waals surface area contributed by atoms with E-state index in [-0.39, 0.29) is 28.9 Å². The number of rotatable bonds is 10. The predicted octanol–water partition coefficient (Wildman–Crippen LogP) is 2.26. The Labute approximate surface area is 159 Å². The van der Waals surface area contributed by atoms with Gasteiger partial charge in [-0.2, -0.15) is 4.31 Å². The molecule has 0 aliphatic heterocycles. The van der Waals surface area contributed by atoms with Crippen molar-refractivity contribution in [3.8, 4) is 0 Å². The van der Waals surface area contributed by atoms with Crippen LogP contribution in [-0.4, -0.2) is 56.3 Å². The normalized spacial score (nSPS) is 11.4. The average Bonchev–Trinajstić information content (AvgIpc) is 2.60. The Balaban J connectivity index is 2.78. The number of aryl methyl sites for hydroxylation is 1. The number of amides is 1. The van der Waals surface area contributed by atoms with Crippen LogP contribution < -0.4 is 5.32 Å². The number of sulfonamides is 1. The molecule has 0 aliphatic rings. The molecular formula is C17H26N2O5S2. The van der Waals surface area contributed by atoms with Crippen LogP contribution in [0, 0.1) is 6.92 Å². The zero-order chi connectivity index (χ0) is 19.7. The van der Waals surface area contributed by atoms with Crippen molar-refractivity contribution in [2.24, 2.45) is 0 Å². The first-order chi connectivity index (χ1) is 12.3. The molecule has 1 rings (SSSR count). The summed E-state index contributed by atoms with van der Waals surface area (Å²) in [6, 6.07) is 4.84. The van der Waals surface area contributed by atoms with Crippen molar-refractivity contribution in [2.75, 3.05) is 37.0 Å². The number of hydrogen-bond donors (Lipinski definition) is 1. The van der Waals surface area contributed by atoms with Crippen LogP contribution in [0.25, 0.3) is 0 Å². The van der Waals surface area contributed by atoms with E-state index in [0.717, 1.165) is 0 Å². The van der Waals surface area contributed by atoms with Crippen LogP contribution in [0.3, 0.4) is 0 Å². The van der Waals surface area contributed by atoms with E-state index in [1.165, 1.54) is 29.2 Å². The second-order valence-electron chi connectivity index (χ2n) is 5.50. The number of nitrogens with one attached hydrogen (secondary N) is 1. The lowest BCUT2D eigenvalue weighted by atomic mass is 10.2. The fraction of sp³-hybridized carbons (Fsp3) is 0.529. The molecule has 146 valence electrons. The molecule has 0 aliphatic carbocycles. The lowest BCUT2D eigenvalue weighted by molar-refractivity contribution is -0.137. The van der Waals surface area contributed by atoms with E-state index in [4.69, 9.17) is 0 Å². The molecule has 0 heterocycles. The van der Waals surface area contributed by atoms with Gasteiger partial charge in [0.2, 0.25) is 15.9 Å². The Morgan fingerprint density at radius 3 is 2.46 bits per heavy atom. The first-order valence-electron chi connectivity index (χ1n) is 8.31. The van der Waals surface area contributed by atoms with Gasteiger partial charge in [0.25, 0.3) is 0 Å². The predicted molar refractivity (Wildman–Crippen MR) is 104 cm³/mol. The summed E-state index contributed by atoms with van der Waals surface area (Å²) < 4.78 is 31.4. The van der Waals surface area contributed by atoms with Gasteiger partial charge in [0, 0.05) is 31.0 Å². The molecule has 1 N–H and O–H groups in total. The highest BCUT2D eigenvalue weighted by Crippen LogP contribution is 2.23. The fourth-order valence-electron chi connectivity index (χ4n) is 2.26. The summed E-state index contributed by atoms with van der Waals surface area (Å²) in [7, 11) is -2.28.